The van der Waals surface area contributed by atoms with E-state index in [4.69, 9.17) is 21.6 Å². The van der Waals surface area contributed by atoms with Crippen molar-refractivity contribution in [3.05, 3.63) is 36.0 Å². The number of nitriles is 1. The highest BCUT2D eigenvalue weighted by atomic mass is 35.5. The highest BCUT2D eigenvalue weighted by Gasteiger charge is 2.11. The minimum atomic E-state index is -0.812. The first kappa shape index (κ1) is 15.5. The van der Waals surface area contributed by atoms with Crippen LogP contribution in [0.15, 0.2) is 36.0 Å². The van der Waals surface area contributed by atoms with Crippen LogP contribution < -0.4 is 15.4 Å². The van der Waals surface area contributed by atoms with Crippen LogP contribution in [0.5, 0.6) is 5.75 Å². The largest absolute Gasteiger partial charge is 0.497 e. The molecular formula is C13H12ClN3O3. The molecule has 0 aliphatic carbocycles. The Morgan fingerprint density at radius 3 is 2.85 bits per heavy atom. The van der Waals surface area contributed by atoms with E-state index in [0.717, 1.165) is 0 Å². The number of halogens is 1. The highest BCUT2D eigenvalue weighted by Crippen LogP contribution is 2.16. The molecule has 0 unspecified atom stereocenters. The molecule has 0 atom stereocenters. The van der Waals surface area contributed by atoms with E-state index >= 15 is 0 Å². The van der Waals surface area contributed by atoms with Crippen LogP contribution >= 0.6 is 11.6 Å². The van der Waals surface area contributed by atoms with Crippen molar-refractivity contribution in [2.45, 2.75) is 0 Å². The Morgan fingerprint density at radius 2 is 2.25 bits per heavy atom. The summed E-state index contributed by atoms with van der Waals surface area (Å²) >= 11 is 5.25. The summed E-state index contributed by atoms with van der Waals surface area (Å²) in [6, 6.07) is 8.61. The number of amides is 2. The van der Waals surface area contributed by atoms with E-state index in [1.807, 2.05) is 5.32 Å². The normalized spacial score (nSPS) is 10.3. The fraction of sp³-hybridized carbons (Fsp3) is 0.154. The molecule has 0 aliphatic heterocycles. The molecule has 2 amide bonds. The molecular weight excluding hydrogens is 282 g/mol. The molecule has 0 aliphatic rings. The number of carbonyl (C=O) groups excluding carboxylic acids is 2. The minimum Gasteiger partial charge on any atom is -0.497 e. The van der Waals surface area contributed by atoms with E-state index in [1.54, 1.807) is 30.3 Å². The van der Waals surface area contributed by atoms with Gasteiger partial charge < -0.3 is 10.1 Å². The first-order valence-corrected chi connectivity index (χ1v) is 6.05. The number of nitrogens with zero attached hydrogens (tertiary/aromatic N) is 1. The number of benzene rings is 1. The molecule has 0 heterocycles. The molecule has 0 saturated heterocycles. The molecule has 1 aromatic rings. The van der Waals surface area contributed by atoms with Gasteiger partial charge in [0.25, 0.3) is 5.91 Å². The number of nitrogens with one attached hydrogen (secondary N) is 2. The van der Waals surface area contributed by atoms with Crippen LogP contribution in [0.4, 0.5) is 5.69 Å². The van der Waals surface area contributed by atoms with Gasteiger partial charge in [-0.1, -0.05) is 6.07 Å². The SMILES string of the molecule is COc1cccc(NC=C(C#N)C(=O)NC(=O)CCl)c1. The third-order valence-corrected chi connectivity index (χ3v) is 2.44. The van der Waals surface area contributed by atoms with Crippen molar-refractivity contribution in [3.8, 4) is 11.8 Å². The summed E-state index contributed by atoms with van der Waals surface area (Å²) < 4.78 is 5.04. The Bertz CT molecular complexity index is 578. The van der Waals surface area contributed by atoms with E-state index in [9.17, 15) is 9.59 Å². The van der Waals surface area contributed by atoms with Crippen LogP contribution in [0.25, 0.3) is 0 Å². The number of methoxy groups -OCH3 is 1. The summed E-state index contributed by atoms with van der Waals surface area (Å²) in [7, 11) is 1.53. The summed E-state index contributed by atoms with van der Waals surface area (Å²) in [5.41, 5.74) is 0.389. The van der Waals surface area contributed by atoms with Crippen molar-refractivity contribution in [3.63, 3.8) is 0 Å². The zero-order chi connectivity index (χ0) is 15.0. The second kappa shape index (κ2) is 7.81. The number of hydrogen-bond acceptors (Lipinski definition) is 5. The molecule has 0 radical (unpaired) electrons. The summed E-state index contributed by atoms with van der Waals surface area (Å²) in [4.78, 5) is 22.5. The molecule has 20 heavy (non-hydrogen) atoms. The van der Waals surface area contributed by atoms with Gasteiger partial charge in [0.15, 0.2) is 0 Å². The Hall–Kier alpha value is -2.52. The van der Waals surface area contributed by atoms with Crippen molar-refractivity contribution in [2.75, 3.05) is 18.3 Å². The Morgan fingerprint density at radius 1 is 1.50 bits per heavy atom. The number of alkyl halides is 1. The van der Waals surface area contributed by atoms with Gasteiger partial charge >= 0.3 is 0 Å². The second-order valence-electron chi connectivity index (χ2n) is 3.56. The van der Waals surface area contributed by atoms with Crippen molar-refractivity contribution in [1.82, 2.24) is 5.32 Å². The van der Waals surface area contributed by atoms with Gasteiger partial charge in [-0.3, -0.25) is 14.9 Å². The number of rotatable bonds is 5. The molecule has 1 rings (SSSR count). The van der Waals surface area contributed by atoms with Gasteiger partial charge in [0, 0.05) is 18.0 Å². The molecule has 7 heteroatoms. The van der Waals surface area contributed by atoms with Gasteiger partial charge in [-0.05, 0) is 12.1 Å². The Balaban J connectivity index is 2.77. The van der Waals surface area contributed by atoms with E-state index < -0.39 is 11.8 Å². The lowest BCUT2D eigenvalue weighted by atomic mass is 10.2. The Kier molecular flexibility index (Phi) is 6.07. The lowest BCUT2D eigenvalue weighted by Gasteiger charge is -2.05. The van der Waals surface area contributed by atoms with Crippen LogP contribution in [0, 0.1) is 11.3 Å². The summed E-state index contributed by atoms with van der Waals surface area (Å²) in [5, 5.41) is 13.6. The fourth-order valence-electron chi connectivity index (χ4n) is 1.24. The number of hydrogen-bond donors (Lipinski definition) is 2. The van der Waals surface area contributed by atoms with Crippen LogP contribution in [0.3, 0.4) is 0 Å². The summed E-state index contributed by atoms with van der Waals surface area (Å²) in [6.07, 6.45) is 1.20. The third kappa shape index (κ3) is 4.63. The topological polar surface area (TPSA) is 91.2 Å². The molecule has 2 N–H and O–H groups in total. The van der Waals surface area contributed by atoms with Crippen molar-refractivity contribution in [1.29, 1.82) is 5.26 Å². The van der Waals surface area contributed by atoms with Crippen LogP contribution in [-0.2, 0) is 9.59 Å². The maximum Gasteiger partial charge on any atom is 0.270 e. The molecule has 0 aromatic heterocycles. The molecule has 0 bridgehead atoms. The average Bonchev–Trinajstić information content (AvgIpc) is 2.47. The van der Waals surface area contributed by atoms with Crippen LogP contribution in [0.1, 0.15) is 0 Å². The fourth-order valence-corrected chi connectivity index (χ4v) is 1.31. The van der Waals surface area contributed by atoms with Gasteiger partial charge in [0.1, 0.15) is 23.3 Å². The maximum atomic E-state index is 11.5. The zero-order valence-electron chi connectivity index (χ0n) is 10.6. The number of anilines is 1. The molecule has 104 valence electrons. The van der Waals surface area contributed by atoms with Crippen molar-refractivity contribution in [2.24, 2.45) is 0 Å². The van der Waals surface area contributed by atoms with E-state index in [1.165, 1.54) is 13.3 Å². The average molecular weight is 294 g/mol. The Labute approximate surface area is 121 Å². The van der Waals surface area contributed by atoms with Crippen molar-refractivity contribution >= 4 is 29.1 Å². The van der Waals surface area contributed by atoms with Gasteiger partial charge in [0.05, 0.1) is 7.11 Å². The smallest absolute Gasteiger partial charge is 0.270 e. The summed E-state index contributed by atoms with van der Waals surface area (Å²) in [5.74, 6) is -1.20. The van der Waals surface area contributed by atoms with Crippen LogP contribution in [0.2, 0.25) is 0 Å². The maximum absolute atomic E-state index is 11.5. The number of ether oxygens (including phenoxy) is 1. The zero-order valence-corrected chi connectivity index (χ0v) is 11.4. The first-order valence-electron chi connectivity index (χ1n) is 5.51. The van der Waals surface area contributed by atoms with Gasteiger partial charge in [-0.15, -0.1) is 11.6 Å². The summed E-state index contributed by atoms with van der Waals surface area (Å²) in [6.45, 7) is 0. The minimum absolute atomic E-state index is 0.244. The lowest BCUT2D eigenvalue weighted by Crippen LogP contribution is -2.32. The number of imide groups is 1. The second-order valence-corrected chi connectivity index (χ2v) is 3.82. The molecule has 0 spiro atoms. The lowest BCUT2D eigenvalue weighted by molar-refractivity contribution is -0.126. The first-order chi connectivity index (χ1) is 9.60. The van der Waals surface area contributed by atoms with Crippen LogP contribution in [-0.4, -0.2) is 24.8 Å². The molecule has 1 aromatic carbocycles. The monoisotopic (exact) mass is 293 g/mol. The molecule has 6 nitrogen and oxygen atoms in total. The van der Waals surface area contributed by atoms with Crippen molar-refractivity contribution < 1.29 is 14.3 Å². The predicted molar refractivity (Wildman–Crippen MR) is 74.2 cm³/mol. The standard InChI is InChI=1S/C13H12ClN3O3/c1-20-11-4-2-3-10(5-11)16-8-9(7-15)13(19)17-12(18)6-14/h2-5,8,16H,6H2,1H3,(H,17,18,19). The predicted octanol–water partition coefficient (Wildman–Crippen LogP) is 1.40. The highest BCUT2D eigenvalue weighted by molar-refractivity contribution is 6.29. The quantitative estimate of drug-likeness (QED) is 0.486. The molecule has 0 fully saturated rings. The van der Waals surface area contributed by atoms with Gasteiger partial charge in [-0.25, -0.2) is 0 Å². The molecule has 0 saturated carbocycles. The van der Waals surface area contributed by atoms with Gasteiger partial charge in [0.2, 0.25) is 5.91 Å². The third-order valence-electron chi connectivity index (χ3n) is 2.19. The van der Waals surface area contributed by atoms with E-state index in [-0.39, 0.29) is 11.5 Å². The van der Waals surface area contributed by atoms with E-state index in [2.05, 4.69) is 5.32 Å². The van der Waals surface area contributed by atoms with Gasteiger partial charge in [-0.2, -0.15) is 5.26 Å². The number of carbonyl (C=O) groups is 2. The van der Waals surface area contributed by atoms with E-state index in [0.29, 0.717) is 11.4 Å².